The Balaban J connectivity index is 2.48. The van der Waals surface area contributed by atoms with E-state index in [0.717, 1.165) is 17.2 Å². The molecule has 0 aliphatic rings. The minimum Gasteiger partial charge on any atom is -0.491 e. The average molecular weight is 431 g/mol. The summed E-state index contributed by atoms with van der Waals surface area (Å²) in [7, 11) is 2.52. The lowest BCUT2D eigenvalue weighted by Gasteiger charge is -2.21. The summed E-state index contributed by atoms with van der Waals surface area (Å²) < 4.78 is 15.6. The number of fused-ring (bicyclic) bond motifs is 1. The SMILES string of the molecule is COC(=O)CC(Nc1c(OCCC(C)C)ccc2cc(NC(C)=O)ccc12)C(=O)OC. The van der Waals surface area contributed by atoms with Gasteiger partial charge in [-0.1, -0.05) is 26.0 Å². The summed E-state index contributed by atoms with van der Waals surface area (Å²) in [6, 6.07) is 8.14. The Bertz CT molecular complexity index is 941. The second kappa shape index (κ2) is 11.2. The van der Waals surface area contributed by atoms with E-state index < -0.39 is 18.0 Å². The minimum absolute atomic E-state index is 0.171. The Morgan fingerprint density at radius 1 is 1.03 bits per heavy atom. The maximum absolute atomic E-state index is 12.3. The van der Waals surface area contributed by atoms with Gasteiger partial charge < -0.3 is 24.8 Å². The van der Waals surface area contributed by atoms with E-state index in [4.69, 9.17) is 14.2 Å². The maximum Gasteiger partial charge on any atom is 0.328 e. The molecule has 0 spiro atoms. The van der Waals surface area contributed by atoms with Crippen molar-refractivity contribution >= 4 is 40.0 Å². The largest absolute Gasteiger partial charge is 0.491 e. The number of hydrogen-bond acceptors (Lipinski definition) is 7. The zero-order chi connectivity index (χ0) is 23.0. The van der Waals surface area contributed by atoms with Crippen LogP contribution in [-0.2, 0) is 23.9 Å². The molecular formula is C23H30N2O6. The summed E-state index contributed by atoms with van der Waals surface area (Å²) in [4.78, 5) is 35.5. The molecule has 31 heavy (non-hydrogen) atoms. The van der Waals surface area contributed by atoms with E-state index in [1.165, 1.54) is 21.1 Å². The summed E-state index contributed by atoms with van der Waals surface area (Å²) in [6.07, 6.45) is 0.663. The Hall–Kier alpha value is -3.29. The van der Waals surface area contributed by atoms with Crippen LogP contribution in [0, 0.1) is 5.92 Å². The number of nitrogens with one attached hydrogen (secondary N) is 2. The second-order valence-electron chi connectivity index (χ2n) is 7.59. The number of hydrogen-bond donors (Lipinski definition) is 2. The van der Waals surface area contributed by atoms with Crippen LogP contribution in [0.1, 0.15) is 33.6 Å². The molecule has 0 aliphatic heterocycles. The van der Waals surface area contributed by atoms with Gasteiger partial charge in [0.25, 0.3) is 0 Å². The zero-order valence-corrected chi connectivity index (χ0v) is 18.6. The lowest BCUT2D eigenvalue weighted by Crippen LogP contribution is -2.33. The van der Waals surface area contributed by atoms with Crippen molar-refractivity contribution in [2.45, 2.75) is 39.7 Å². The number of rotatable bonds is 10. The maximum atomic E-state index is 12.3. The number of anilines is 2. The molecule has 0 fully saturated rings. The monoisotopic (exact) mass is 430 g/mol. The number of carbonyl (C=O) groups is 3. The molecule has 1 amide bonds. The van der Waals surface area contributed by atoms with Crippen molar-refractivity contribution in [3.8, 4) is 5.75 Å². The van der Waals surface area contributed by atoms with Gasteiger partial charge in [-0.2, -0.15) is 0 Å². The number of benzene rings is 2. The van der Waals surface area contributed by atoms with Gasteiger partial charge in [0.1, 0.15) is 11.8 Å². The van der Waals surface area contributed by atoms with Gasteiger partial charge in [-0.15, -0.1) is 0 Å². The van der Waals surface area contributed by atoms with Gasteiger partial charge in [0.15, 0.2) is 0 Å². The fourth-order valence-electron chi connectivity index (χ4n) is 3.02. The normalized spacial score (nSPS) is 11.7. The third-order valence-electron chi connectivity index (χ3n) is 4.66. The highest BCUT2D eigenvalue weighted by molar-refractivity contribution is 6.01. The minimum atomic E-state index is -0.953. The van der Waals surface area contributed by atoms with Gasteiger partial charge in [0, 0.05) is 18.0 Å². The molecule has 0 bridgehead atoms. The molecule has 2 N–H and O–H groups in total. The quantitative estimate of drug-likeness (QED) is 0.554. The molecule has 8 heteroatoms. The Morgan fingerprint density at radius 3 is 2.39 bits per heavy atom. The molecule has 2 aromatic rings. The zero-order valence-electron chi connectivity index (χ0n) is 18.6. The highest BCUT2D eigenvalue weighted by Gasteiger charge is 2.25. The van der Waals surface area contributed by atoms with Crippen molar-refractivity contribution in [2.24, 2.45) is 5.92 Å². The molecule has 0 aliphatic carbocycles. The van der Waals surface area contributed by atoms with Crippen LogP contribution in [0.2, 0.25) is 0 Å². The van der Waals surface area contributed by atoms with Crippen LogP contribution in [-0.4, -0.2) is 44.7 Å². The fraction of sp³-hybridized carbons (Fsp3) is 0.435. The van der Waals surface area contributed by atoms with Crippen molar-refractivity contribution in [2.75, 3.05) is 31.5 Å². The topological polar surface area (TPSA) is 103 Å². The van der Waals surface area contributed by atoms with E-state index in [9.17, 15) is 14.4 Å². The van der Waals surface area contributed by atoms with Crippen LogP contribution in [0.15, 0.2) is 30.3 Å². The van der Waals surface area contributed by atoms with Crippen molar-refractivity contribution in [3.63, 3.8) is 0 Å². The third-order valence-corrected chi connectivity index (χ3v) is 4.66. The van der Waals surface area contributed by atoms with Gasteiger partial charge >= 0.3 is 11.9 Å². The van der Waals surface area contributed by atoms with Crippen LogP contribution >= 0.6 is 0 Å². The van der Waals surface area contributed by atoms with E-state index in [0.29, 0.717) is 29.6 Å². The average Bonchev–Trinajstić information content (AvgIpc) is 2.72. The molecular weight excluding hydrogens is 400 g/mol. The Kier molecular flexibility index (Phi) is 8.66. The smallest absolute Gasteiger partial charge is 0.328 e. The summed E-state index contributed by atoms with van der Waals surface area (Å²) >= 11 is 0. The predicted molar refractivity (Wildman–Crippen MR) is 119 cm³/mol. The summed E-state index contributed by atoms with van der Waals surface area (Å²) in [6.45, 7) is 6.16. The van der Waals surface area contributed by atoms with Crippen molar-refractivity contribution in [1.29, 1.82) is 0 Å². The molecule has 2 aromatic carbocycles. The van der Waals surface area contributed by atoms with Crippen LogP contribution < -0.4 is 15.4 Å². The first-order valence-electron chi connectivity index (χ1n) is 10.1. The fourth-order valence-corrected chi connectivity index (χ4v) is 3.02. The first kappa shape index (κ1) is 24.0. The number of methoxy groups -OCH3 is 2. The van der Waals surface area contributed by atoms with Gasteiger partial charge in [-0.05, 0) is 35.9 Å². The van der Waals surface area contributed by atoms with Crippen molar-refractivity contribution in [3.05, 3.63) is 30.3 Å². The standard InChI is InChI=1S/C23H30N2O6/c1-14(2)10-11-31-20-9-6-16-12-17(24-15(3)26)7-8-18(16)22(20)25-19(23(28)30-5)13-21(27)29-4/h6-9,12,14,19,25H,10-11,13H2,1-5H3,(H,24,26). The lowest BCUT2D eigenvalue weighted by molar-refractivity contribution is -0.148. The molecule has 1 unspecified atom stereocenters. The Labute approximate surface area is 182 Å². The van der Waals surface area contributed by atoms with E-state index >= 15 is 0 Å². The highest BCUT2D eigenvalue weighted by Crippen LogP contribution is 2.36. The lowest BCUT2D eigenvalue weighted by atomic mass is 10.1. The van der Waals surface area contributed by atoms with Crippen LogP contribution in [0.4, 0.5) is 11.4 Å². The van der Waals surface area contributed by atoms with Crippen LogP contribution in [0.3, 0.4) is 0 Å². The molecule has 168 valence electrons. The molecule has 2 rings (SSSR count). The first-order valence-corrected chi connectivity index (χ1v) is 10.1. The molecule has 0 heterocycles. The molecule has 0 saturated carbocycles. The molecule has 8 nitrogen and oxygen atoms in total. The third kappa shape index (κ3) is 6.87. The van der Waals surface area contributed by atoms with Gasteiger partial charge in [0.05, 0.1) is 32.9 Å². The molecule has 1 atom stereocenters. The second-order valence-corrected chi connectivity index (χ2v) is 7.59. The van der Waals surface area contributed by atoms with Crippen LogP contribution in [0.25, 0.3) is 10.8 Å². The summed E-state index contributed by atoms with van der Waals surface area (Å²) in [5, 5.41) is 7.47. The molecule has 0 radical (unpaired) electrons. The number of esters is 2. The summed E-state index contributed by atoms with van der Waals surface area (Å²) in [5.41, 5.74) is 1.22. The predicted octanol–water partition coefficient (Wildman–Crippen LogP) is 3.74. The highest BCUT2D eigenvalue weighted by atomic mass is 16.5. The van der Waals surface area contributed by atoms with E-state index in [1.54, 1.807) is 12.1 Å². The van der Waals surface area contributed by atoms with E-state index in [-0.39, 0.29) is 12.3 Å². The number of carbonyl (C=O) groups excluding carboxylic acids is 3. The van der Waals surface area contributed by atoms with Crippen LogP contribution in [0.5, 0.6) is 5.75 Å². The van der Waals surface area contributed by atoms with E-state index in [1.807, 2.05) is 18.2 Å². The van der Waals surface area contributed by atoms with Crippen molar-refractivity contribution < 1.29 is 28.6 Å². The first-order chi connectivity index (χ1) is 14.7. The number of ether oxygens (including phenoxy) is 3. The summed E-state index contributed by atoms with van der Waals surface area (Å²) in [5.74, 6) is -0.280. The van der Waals surface area contributed by atoms with Gasteiger partial charge in [0.2, 0.25) is 5.91 Å². The molecule has 0 saturated heterocycles. The van der Waals surface area contributed by atoms with E-state index in [2.05, 4.69) is 24.5 Å². The van der Waals surface area contributed by atoms with Gasteiger partial charge in [-0.25, -0.2) is 4.79 Å². The molecule has 0 aromatic heterocycles. The van der Waals surface area contributed by atoms with Gasteiger partial charge in [-0.3, -0.25) is 9.59 Å². The Morgan fingerprint density at radius 2 is 1.77 bits per heavy atom. The van der Waals surface area contributed by atoms with Crippen molar-refractivity contribution in [1.82, 2.24) is 0 Å². The number of amides is 1.